The van der Waals surface area contributed by atoms with Gasteiger partial charge >= 0.3 is 0 Å². The highest BCUT2D eigenvalue weighted by Gasteiger charge is 2.21. The van der Waals surface area contributed by atoms with Crippen LogP contribution in [0.1, 0.15) is 32.3 Å². The summed E-state index contributed by atoms with van der Waals surface area (Å²) in [4.78, 5) is 13.2. The number of nitro groups is 1. The minimum Gasteiger partial charge on any atom is -0.317 e. The Morgan fingerprint density at radius 3 is 2.62 bits per heavy atom. The smallest absolute Gasteiger partial charge is 0.273 e. The topological polar surface area (TPSA) is 58.4 Å². The zero-order chi connectivity index (χ0) is 15.2. The van der Waals surface area contributed by atoms with Crippen LogP contribution in [0.4, 0.5) is 5.69 Å². The van der Waals surface area contributed by atoms with Gasteiger partial charge in [0, 0.05) is 30.8 Å². The lowest BCUT2D eigenvalue weighted by molar-refractivity contribution is -0.385. The number of nitrogens with zero attached hydrogens (tertiary/aromatic N) is 2. The standard InChI is InChI=1S/C16H25N3O2/c1-13(2)18(11-14-7-9-17-10-8-14)12-15-5-3-4-6-16(15)19(20)21/h3-6,13-14,17H,7-12H2,1-2H3. The maximum absolute atomic E-state index is 11.1. The Balaban J connectivity index is 2.07. The van der Waals surface area contributed by atoms with E-state index < -0.39 is 0 Å². The van der Waals surface area contributed by atoms with Crippen molar-refractivity contribution in [3.8, 4) is 0 Å². The summed E-state index contributed by atoms with van der Waals surface area (Å²) in [5.41, 5.74) is 1.04. The molecular weight excluding hydrogens is 266 g/mol. The number of hydrogen-bond acceptors (Lipinski definition) is 4. The van der Waals surface area contributed by atoms with Gasteiger partial charge in [-0.2, -0.15) is 0 Å². The molecule has 5 nitrogen and oxygen atoms in total. The van der Waals surface area contributed by atoms with Gasteiger partial charge in [0.25, 0.3) is 5.69 Å². The highest BCUT2D eigenvalue weighted by Crippen LogP contribution is 2.22. The second kappa shape index (κ2) is 7.52. The van der Waals surface area contributed by atoms with Gasteiger partial charge in [0.2, 0.25) is 0 Å². The molecule has 5 heteroatoms. The molecule has 2 rings (SSSR count). The largest absolute Gasteiger partial charge is 0.317 e. The van der Waals surface area contributed by atoms with E-state index in [0.29, 0.717) is 18.5 Å². The molecule has 1 aromatic carbocycles. The second-order valence-electron chi connectivity index (χ2n) is 6.10. The van der Waals surface area contributed by atoms with E-state index in [-0.39, 0.29) is 10.6 Å². The molecule has 0 atom stereocenters. The Kier molecular flexibility index (Phi) is 5.70. The van der Waals surface area contributed by atoms with Crippen molar-refractivity contribution in [3.05, 3.63) is 39.9 Å². The van der Waals surface area contributed by atoms with Gasteiger partial charge in [-0.3, -0.25) is 15.0 Å². The number of piperidine rings is 1. The molecule has 116 valence electrons. The maximum Gasteiger partial charge on any atom is 0.273 e. The van der Waals surface area contributed by atoms with Crippen molar-refractivity contribution in [3.63, 3.8) is 0 Å². The van der Waals surface area contributed by atoms with Gasteiger partial charge in [0.1, 0.15) is 0 Å². The van der Waals surface area contributed by atoms with Crippen LogP contribution in [-0.2, 0) is 6.54 Å². The van der Waals surface area contributed by atoms with Gasteiger partial charge < -0.3 is 5.32 Å². The van der Waals surface area contributed by atoms with Crippen molar-refractivity contribution in [1.29, 1.82) is 0 Å². The van der Waals surface area contributed by atoms with E-state index in [9.17, 15) is 10.1 Å². The van der Waals surface area contributed by atoms with Gasteiger partial charge in [-0.05, 0) is 45.7 Å². The summed E-state index contributed by atoms with van der Waals surface area (Å²) in [6, 6.07) is 7.47. The fourth-order valence-corrected chi connectivity index (χ4v) is 2.90. The van der Waals surface area contributed by atoms with Crippen LogP contribution in [0.5, 0.6) is 0 Å². The molecule has 1 aromatic rings. The molecule has 0 unspecified atom stereocenters. The lowest BCUT2D eigenvalue weighted by Gasteiger charge is -2.32. The first kappa shape index (κ1) is 15.9. The molecule has 1 aliphatic rings. The molecule has 0 saturated carbocycles. The molecule has 1 N–H and O–H groups in total. The van der Waals surface area contributed by atoms with E-state index in [1.807, 2.05) is 12.1 Å². The number of hydrogen-bond donors (Lipinski definition) is 1. The third-order valence-corrected chi connectivity index (χ3v) is 4.24. The lowest BCUT2D eigenvalue weighted by atomic mass is 9.96. The van der Waals surface area contributed by atoms with Crippen LogP contribution in [0.2, 0.25) is 0 Å². The number of nitrogens with one attached hydrogen (secondary N) is 1. The van der Waals surface area contributed by atoms with Gasteiger partial charge in [0.05, 0.1) is 4.92 Å². The van der Waals surface area contributed by atoms with E-state index >= 15 is 0 Å². The molecule has 1 aliphatic heterocycles. The van der Waals surface area contributed by atoms with Crippen molar-refractivity contribution in [2.45, 2.75) is 39.3 Å². The maximum atomic E-state index is 11.1. The van der Waals surface area contributed by atoms with Gasteiger partial charge in [-0.1, -0.05) is 18.2 Å². The summed E-state index contributed by atoms with van der Waals surface area (Å²) in [6.45, 7) is 8.17. The number of nitro benzene ring substituents is 1. The fraction of sp³-hybridized carbons (Fsp3) is 0.625. The summed E-state index contributed by atoms with van der Waals surface area (Å²) < 4.78 is 0. The quantitative estimate of drug-likeness (QED) is 0.647. The highest BCUT2D eigenvalue weighted by atomic mass is 16.6. The van der Waals surface area contributed by atoms with E-state index in [2.05, 4.69) is 24.1 Å². The summed E-state index contributed by atoms with van der Waals surface area (Å²) in [7, 11) is 0. The van der Waals surface area contributed by atoms with Crippen molar-refractivity contribution in [2.24, 2.45) is 5.92 Å². The monoisotopic (exact) mass is 291 g/mol. The average Bonchev–Trinajstić information content (AvgIpc) is 2.48. The first-order chi connectivity index (χ1) is 10.1. The van der Waals surface area contributed by atoms with E-state index in [1.54, 1.807) is 12.1 Å². The summed E-state index contributed by atoms with van der Waals surface area (Å²) in [5, 5.41) is 14.5. The minimum atomic E-state index is -0.279. The molecule has 1 heterocycles. The van der Waals surface area contributed by atoms with E-state index in [0.717, 1.165) is 25.2 Å². The predicted molar refractivity (Wildman–Crippen MR) is 84.2 cm³/mol. The van der Waals surface area contributed by atoms with E-state index in [1.165, 1.54) is 12.8 Å². The fourth-order valence-electron chi connectivity index (χ4n) is 2.90. The van der Waals surface area contributed by atoms with Crippen LogP contribution < -0.4 is 5.32 Å². The first-order valence-electron chi connectivity index (χ1n) is 7.75. The predicted octanol–water partition coefficient (Wildman–Crippen LogP) is 2.80. The van der Waals surface area contributed by atoms with E-state index in [4.69, 9.17) is 0 Å². The third-order valence-electron chi connectivity index (χ3n) is 4.24. The van der Waals surface area contributed by atoms with Gasteiger partial charge in [-0.15, -0.1) is 0 Å². The van der Waals surface area contributed by atoms with Crippen molar-refractivity contribution < 1.29 is 4.92 Å². The summed E-state index contributed by atoms with van der Waals surface area (Å²) in [5.74, 6) is 0.691. The Hall–Kier alpha value is -1.46. The minimum absolute atomic E-state index is 0.230. The zero-order valence-corrected chi connectivity index (χ0v) is 12.9. The van der Waals surface area contributed by atoms with Crippen LogP contribution in [0.25, 0.3) is 0 Å². The van der Waals surface area contributed by atoms with Crippen molar-refractivity contribution in [2.75, 3.05) is 19.6 Å². The van der Waals surface area contributed by atoms with Crippen LogP contribution in [0.3, 0.4) is 0 Å². The molecule has 0 spiro atoms. The van der Waals surface area contributed by atoms with Gasteiger partial charge in [0.15, 0.2) is 0 Å². The van der Waals surface area contributed by atoms with Crippen LogP contribution >= 0.6 is 0 Å². The lowest BCUT2D eigenvalue weighted by Crippen LogP contribution is -2.39. The second-order valence-corrected chi connectivity index (χ2v) is 6.10. The Morgan fingerprint density at radius 2 is 2.00 bits per heavy atom. The zero-order valence-electron chi connectivity index (χ0n) is 12.9. The highest BCUT2D eigenvalue weighted by molar-refractivity contribution is 5.39. The normalized spacial score (nSPS) is 16.6. The molecule has 0 bridgehead atoms. The van der Waals surface area contributed by atoms with Crippen molar-refractivity contribution >= 4 is 5.69 Å². The molecule has 1 saturated heterocycles. The molecule has 1 fully saturated rings. The first-order valence-corrected chi connectivity index (χ1v) is 7.75. The Morgan fingerprint density at radius 1 is 1.33 bits per heavy atom. The SMILES string of the molecule is CC(C)N(Cc1ccccc1[N+](=O)[O-])CC1CCNCC1. The molecule has 21 heavy (non-hydrogen) atoms. The molecule has 0 aromatic heterocycles. The van der Waals surface area contributed by atoms with Crippen LogP contribution in [0, 0.1) is 16.0 Å². The molecular formula is C16H25N3O2. The molecule has 0 radical (unpaired) electrons. The van der Waals surface area contributed by atoms with Gasteiger partial charge in [-0.25, -0.2) is 0 Å². The summed E-state index contributed by atoms with van der Waals surface area (Å²) >= 11 is 0. The van der Waals surface area contributed by atoms with Crippen LogP contribution in [0.15, 0.2) is 24.3 Å². The Labute approximate surface area is 126 Å². The molecule has 0 amide bonds. The number of rotatable bonds is 6. The van der Waals surface area contributed by atoms with Crippen molar-refractivity contribution in [1.82, 2.24) is 10.2 Å². The third kappa shape index (κ3) is 4.51. The Bertz CT molecular complexity index is 470. The summed E-state index contributed by atoms with van der Waals surface area (Å²) in [6.07, 6.45) is 2.39. The number of benzene rings is 1. The van der Waals surface area contributed by atoms with Crippen LogP contribution in [-0.4, -0.2) is 35.5 Å². The molecule has 0 aliphatic carbocycles. The number of para-hydroxylation sites is 1. The average molecular weight is 291 g/mol.